The van der Waals surface area contributed by atoms with Crippen LogP contribution in [0.1, 0.15) is 20.8 Å². The van der Waals surface area contributed by atoms with Gasteiger partial charge in [-0.15, -0.1) is 0 Å². The Morgan fingerprint density at radius 1 is 1.53 bits per heavy atom. The third-order valence-electron chi connectivity index (χ3n) is 2.64. The fraction of sp³-hybridized carbons (Fsp3) is 0.538. The zero-order valence-corrected chi connectivity index (χ0v) is 11.9. The smallest absolute Gasteiger partial charge is 0.171 e. The summed E-state index contributed by atoms with van der Waals surface area (Å²) in [6, 6.07) is 3.72. The number of oxime groups is 1. The predicted molar refractivity (Wildman–Crippen MR) is 75.8 cm³/mol. The zero-order valence-electron chi connectivity index (χ0n) is 11.9. The van der Waals surface area contributed by atoms with Crippen molar-refractivity contribution in [1.29, 1.82) is 0 Å². The lowest BCUT2D eigenvalue weighted by molar-refractivity contribution is 0.242. The minimum atomic E-state index is -0.0797. The summed E-state index contributed by atoms with van der Waals surface area (Å²) < 4.78 is 5.72. The second-order valence-corrected chi connectivity index (χ2v) is 4.80. The SMILES string of the molecule is CC(C)Oc1cccnc1N(C)CC(C)/C(N)=N/O. The molecule has 0 bridgehead atoms. The number of amidine groups is 1. The Hall–Kier alpha value is -1.98. The molecular formula is C13H22N4O2. The zero-order chi connectivity index (χ0) is 14.4. The van der Waals surface area contributed by atoms with Crippen LogP contribution in [-0.4, -0.2) is 35.7 Å². The second kappa shape index (κ2) is 6.82. The molecule has 1 heterocycles. The van der Waals surface area contributed by atoms with Crippen molar-refractivity contribution >= 4 is 11.7 Å². The van der Waals surface area contributed by atoms with E-state index in [1.807, 2.05) is 44.9 Å². The summed E-state index contributed by atoms with van der Waals surface area (Å²) in [7, 11) is 1.90. The van der Waals surface area contributed by atoms with Crippen molar-refractivity contribution in [1.82, 2.24) is 4.98 Å². The van der Waals surface area contributed by atoms with Crippen LogP contribution in [0.5, 0.6) is 5.75 Å². The molecule has 0 aliphatic rings. The first kappa shape index (κ1) is 15.1. The van der Waals surface area contributed by atoms with Crippen LogP contribution in [0.15, 0.2) is 23.5 Å². The quantitative estimate of drug-likeness (QED) is 0.354. The number of hydrogen-bond acceptors (Lipinski definition) is 5. The monoisotopic (exact) mass is 266 g/mol. The van der Waals surface area contributed by atoms with E-state index in [9.17, 15) is 0 Å². The number of rotatable bonds is 6. The van der Waals surface area contributed by atoms with E-state index in [4.69, 9.17) is 15.7 Å². The van der Waals surface area contributed by atoms with Crippen molar-refractivity contribution in [2.45, 2.75) is 26.9 Å². The van der Waals surface area contributed by atoms with Gasteiger partial charge in [-0.05, 0) is 26.0 Å². The summed E-state index contributed by atoms with van der Waals surface area (Å²) in [5, 5.41) is 11.7. The molecule has 0 fully saturated rings. The largest absolute Gasteiger partial charge is 0.487 e. The van der Waals surface area contributed by atoms with Crippen molar-refractivity contribution in [3.63, 3.8) is 0 Å². The molecule has 3 N–H and O–H groups in total. The molecule has 0 aliphatic carbocycles. The average molecular weight is 266 g/mol. The van der Waals surface area contributed by atoms with Crippen molar-refractivity contribution in [2.75, 3.05) is 18.5 Å². The molecule has 0 aromatic carbocycles. The van der Waals surface area contributed by atoms with Gasteiger partial charge in [-0.3, -0.25) is 0 Å². The van der Waals surface area contributed by atoms with Gasteiger partial charge in [-0.2, -0.15) is 0 Å². The fourth-order valence-corrected chi connectivity index (χ4v) is 1.70. The van der Waals surface area contributed by atoms with Crippen molar-refractivity contribution in [2.24, 2.45) is 16.8 Å². The van der Waals surface area contributed by atoms with Crippen LogP contribution in [0.2, 0.25) is 0 Å². The maximum atomic E-state index is 8.67. The molecule has 0 saturated carbocycles. The molecule has 19 heavy (non-hydrogen) atoms. The molecule has 1 rings (SSSR count). The molecule has 106 valence electrons. The van der Waals surface area contributed by atoms with Gasteiger partial charge in [0.05, 0.1) is 6.10 Å². The molecular weight excluding hydrogens is 244 g/mol. The Kier molecular flexibility index (Phi) is 5.41. The fourth-order valence-electron chi connectivity index (χ4n) is 1.70. The van der Waals surface area contributed by atoms with E-state index in [0.29, 0.717) is 6.54 Å². The number of anilines is 1. The minimum Gasteiger partial charge on any atom is -0.487 e. The second-order valence-electron chi connectivity index (χ2n) is 4.80. The number of nitrogens with zero attached hydrogens (tertiary/aromatic N) is 3. The molecule has 1 atom stereocenters. The Morgan fingerprint density at radius 2 is 2.21 bits per heavy atom. The predicted octanol–water partition coefficient (Wildman–Crippen LogP) is 1.69. The van der Waals surface area contributed by atoms with Crippen LogP contribution in [0, 0.1) is 5.92 Å². The van der Waals surface area contributed by atoms with Gasteiger partial charge in [0.15, 0.2) is 11.6 Å². The number of pyridine rings is 1. The van der Waals surface area contributed by atoms with Crippen LogP contribution in [0.4, 0.5) is 5.82 Å². The van der Waals surface area contributed by atoms with Gasteiger partial charge in [0.2, 0.25) is 0 Å². The first-order valence-corrected chi connectivity index (χ1v) is 6.26. The highest BCUT2D eigenvalue weighted by Gasteiger charge is 2.16. The Labute approximate surface area is 113 Å². The maximum absolute atomic E-state index is 8.67. The average Bonchev–Trinajstić information content (AvgIpc) is 2.37. The molecule has 0 spiro atoms. The van der Waals surface area contributed by atoms with Crippen LogP contribution in [-0.2, 0) is 0 Å². The lowest BCUT2D eigenvalue weighted by Crippen LogP contribution is -2.33. The van der Waals surface area contributed by atoms with E-state index < -0.39 is 0 Å². The molecule has 0 aliphatic heterocycles. The molecule has 1 aromatic heterocycles. The molecule has 6 heteroatoms. The van der Waals surface area contributed by atoms with Gasteiger partial charge < -0.3 is 20.6 Å². The first-order valence-electron chi connectivity index (χ1n) is 6.26. The van der Waals surface area contributed by atoms with Crippen molar-refractivity contribution in [3.05, 3.63) is 18.3 Å². The van der Waals surface area contributed by atoms with Crippen LogP contribution in [0.3, 0.4) is 0 Å². The molecule has 1 unspecified atom stereocenters. The van der Waals surface area contributed by atoms with Gasteiger partial charge >= 0.3 is 0 Å². The summed E-state index contributed by atoms with van der Waals surface area (Å²) in [6.07, 6.45) is 1.80. The van der Waals surface area contributed by atoms with Gasteiger partial charge in [0.25, 0.3) is 0 Å². The minimum absolute atomic E-state index is 0.0797. The van der Waals surface area contributed by atoms with E-state index in [2.05, 4.69) is 10.1 Å². The van der Waals surface area contributed by atoms with Crippen LogP contribution in [0.25, 0.3) is 0 Å². The summed E-state index contributed by atoms with van der Waals surface area (Å²) in [4.78, 5) is 6.26. The topological polar surface area (TPSA) is 84.0 Å². The highest BCUT2D eigenvalue weighted by molar-refractivity contribution is 5.82. The Bertz CT molecular complexity index is 434. The first-order chi connectivity index (χ1) is 8.95. The Balaban J connectivity index is 2.84. The summed E-state index contributed by atoms with van der Waals surface area (Å²) in [5.74, 6) is 1.60. The maximum Gasteiger partial charge on any atom is 0.171 e. The van der Waals surface area contributed by atoms with Crippen LogP contribution >= 0.6 is 0 Å². The highest BCUT2D eigenvalue weighted by atomic mass is 16.5. The van der Waals surface area contributed by atoms with Crippen molar-refractivity contribution < 1.29 is 9.94 Å². The standard InChI is InChI=1S/C13H22N4O2/c1-9(2)19-11-6-5-7-15-13(11)17(4)8-10(3)12(14)16-18/h5-7,9-10,18H,8H2,1-4H3,(H2,14,16). The number of nitrogens with two attached hydrogens (primary N) is 1. The molecule has 0 radical (unpaired) electrons. The van der Waals surface area contributed by atoms with E-state index >= 15 is 0 Å². The lowest BCUT2D eigenvalue weighted by Gasteiger charge is -2.24. The summed E-state index contributed by atoms with van der Waals surface area (Å²) >= 11 is 0. The molecule has 0 amide bonds. The highest BCUT2D eigenvalue weighted by Crippen LogP contribution is 2.25. The van der Waals surface area contributed by atoms with Gasteiger partial charge in [-0.25, -0.2) is 4.98 Å². The third kappa shape index (κ3) is 4.31. The van der Waals surface area contributed by atoms with Gasteiger partial charge in [-0.1, -0.05) is 12.1 Å². The molecule has 1 aromatic rings. The lowest BCUT2D eigenvalue weighted by atomic mass is 10.1. The number of hydrogen-bond donors (Lipinski definition) is 2. The molecule has 0 saturated heterocycles. The number of aromatic nitrogens is 1. The van der Waals surface area contributed by atoms with E-state index in [-0.39, 0.29) is 17.9 Å². The van der Waals surface area contributed by atoms with Gasteiger partial charge in [0, 0.05) is 25.7 Å². The van der Waals surface area contributed by atoms with E-state index in [1.165, 1.54) is 0 Å². The summed E-state index contributed by atoms with van der Waals surface area (Å²) in [6.45, 7) is 6.41. The molecule has 6 nitrogen and oxygen atoms in total. The van der Waals surface area contributed by atoms with E-state index in [0.717, 1.165) is 11.6 Å². The summed E-state index contributed by atoms with van der Waals surface area (Å²) in [5.41, 5.74) is 5.58. The van der Waals surface area contributed by atoms with Gasteiger partial charge in [0.1, 0.15) is 5.84 Å². The third-order valence-corrected chi connectivity index (χ3v) is 2.64. The van der Waals surface area contributed by atoms with E-state index in [1.54, 1.807) is 6.20 Å². The Morgan fingerprint density at radius 3 is 2.79 bits per heavy atom. The number of ether oxygens (including phenoxy) is 1. The van der Waals surface area contributed by atoms with Crippen LogP contribution < -0.4 is 15.4 Å². The van der Waals surface area contributed by atoms with Crippen molar-refractivity contribution in [3.8, 4) is 5.75 Å². The normalized spacial score (nSPS) is 13.4.